The number of nitrogens with two attached hydrogens (primary N) is 1. The molecule has 0 bridgehead atoms. The third-order valence-electron chi connectivity index (χ3n) is 2.86. The minimum absolute atomic E-state index is 0.410. The molecule has 0 heterocycles. The molecule has 1 aromatic carbocycles. The van der Waals surface area contributed by atoms with Gasteiger partial charge in [-0.3, -0.25) is 0 Å². The summed E-state index contributed by atoms with van der Waals surface area (Å²) in [6.45, 7) is 7.13. The van der Waals surface area contributed by atoms with Crippen molar-refractivity contribution in [3.8, 4) is 11.5 Å². The van der Waals surface area contributed by atoms with Crippen LogP contribution in [0.3, 0.4) is 0 Å². The molecule has 0 spiro atoms. The van der Waals surface area contributed by atoms with E-state index in [0.717, 1.165) is 25.2 Å². The van der Waals surface area contributed by atoms with E-state index in [0.29, 0.717) is 23.1 Å². The zero-order chi connectivity index (χ0) is 15.0. The highest BCUT2D eigenvalue weighted by Crippen LogP contribution is 2.36. The maximum absolute atomic E-state index is 6.26. The van der Waals surface area contributed by atoms with Crippen molar-refractivity contribution in [1.29, 1.82) is 0 Å². The molecular weight excluding hydrogens is 276 g/mol. The second-order valence-electron chi connectivity index (χ2n) is 4.95. The van der Waals surface area contributed by atoms with Gasteiger partial charge in [-0.1, -0.05) is 24.3 Å². The number of halogens is 1. The monoisotopic (exact) mass is 300 g/mol. The van der Waals surface area contributed by atoms with Gasteiger partial charge in [0.1, 0.15) is 26.2 Å². The Morgan fingerprint density at radius 3 is 2.75 bits per heavy atom. The van der Waals surface area contributed by atoms with Crippen LogP contribution in [0.5, 0.6) is 11.5 Å². The second kappa shape index (κ2) is 8.84. The quantitative estimate of drug-likeness (QED) is 0.502. The van der Waals surface area contributed by atoms with Crippen molar-refractivity contribution in [2.45, 2.75) is 6.54 Å². The molecule has 0 aliphatic heterocycles. The van der Waals surface area contributed by atoms with Crippen LogP contribution < -0.4 is 19.7 Å². The fourth-order valence-corrected chi connectivity index (χ4v) is 2.12. The molecule has 4 nitrogen and oxygen atoms in total. The SMILES string of the molecule is C=CCOc1c(Cl)cc(C[NH2+]CC[NH+](C)C)cc1OC. The summed E-state index contributed by atoms with van der Waals surface area (Å²) in [5.74, 6) is 1.25. The van der Waals surface area contributed by atoms with Gasteiger partial charge in [-0.15, -0.1) is 0 Å². The fraction of sp³-hybridized carbons (Fsp3) is 0.467. The predicted molar refractivity (Wildman–Crippen MR) is 81.9 cm³/mol. The smallest absolute Gasteiger partial charge is 0.180 e. The van der Waals surface area contributed by atoms with Crippen molar-refractivity contribution in [3.05, 3.63) is 35.4 Å². The first-order chi connectivity index (χ1) is 9.58. The van der Waals surface area contributed by atoms with Crippen LogP contribution in [0, 0.1) is 0 Å². The molecule has 0 atom stereocenters. The van der Waals surface area contributed by atoms with Gasteiger partial charge in [0.2, 0.25) is 0 Å². The van der Waals surface area contributed by atoms with Gasteiger partial charge in [0.15, 0.2) is 11.5 Å². The summed E-state index contributed by atoms with van der Waals surface area (Å²) in [5.41, 5.74) is 1.13. The van der Waals surface area contributed by atoms with E-state index in [4.69, 9.17) is 21.1 Å². The van der Waals surface area contributed by atoms with Gasteiger partial charge in [0.05, 0.1) is 26.2 Å². The second-order valence-corrected chi connectivity index (χ2v) is 5.35. The summed E-state index contributed by atoms with van der Waals surface area (Å²) < 4.78 is 10.9. The first kappa shape index (κ1) is 16.8. The van der Waals surface area contributed by atoms with Crippen LogP contribution in [0.2, 0.25) is 5.02 Å². The highest BCUT2D eigenvalue weighted by molar-refractivity contribution is 6.32. The summed E-state index contributed by atoms with van der Waals surface area (Å²) in [5, 5.41) is 2.84. The highest BCUT2D eigenvalue weighted by Gasteiger charge is 2.12. The van der Waals surface area contributed by atoms with E-state index in [9.17, 15) is 0 Å². The molecule has 0 saturated heterocycles. The highest BCUT2D eigenvalue weighted by atomic mass is 35.5. The minimum atomic E-state index is 0.410. The van der Waals surface area contributed by atoms with Gasteiger partial charge in [0.25, 0.3) is 0 Å². The lowest BCUT2D eigenvalue weighted by molar-refractivity contribution is -0.875. The van der Waals surface area contributed by atoms with Crippen LogP contribution in [0.25, 0.3) is 0 Å². The zero-order valence-corrected chi connectivity index (χ0v) is 13.3. The summed E-state index contributed by atoms with van der Waals surface area (Å²) in [6.07, 6.45) is 1.68. The molecule has 0 aliphatic rings. The van der Waals surface area contributed by atoms with Crippen molar-refractivity contribution >= 4 is 11.6 Å². The maximum atomic E-state index is 6.26. The molecule has 0 fully saturated rings. The van der Waals surface area contributed by atoms with Crippen molar-refractivity contribution < 1.29 is 19.7 Å². The lowest BCUT2D eigenvalue weighted by Crippen LogP contribution is -3.09. The Labute approximate surface area is 126 Å². The summed E-state index contributed by atoms with van der Waals surface area (Å²) in [4.78, 5) is 1.45. The Bertz CT molecular complexity index is 436. The third kappa shape index (κ3) is 5.41. The fourth-order valence-electron chi connectivity index (χ4n) is 1.83. The molecule has 5 heteroatoms. The summed E-state index contributed by atoms with van der Waals surface area (Å²) in [6, 6.07) is 3.91. The van der Waals surface area contributed by atoms with E-state index in [1.165, 1.54) is 4.90 Å². The molecular formula is C15H25ClN2O2+2. The number of nitrogens with one attached hydrogen (secondary N) is 1. The lowest BCUT2D eigenvalue weighted by Gasteiger charge is -2.13. The molecule has 0 unspecified atom stereocenters. The molecule has 3 N–H and O–H groups in total. The average Bonchev–Trinajstić information content (AvgIpc) is 2.41. The van der Waals surface area contributed by atoms with Crippen LogP contribution in [-0.2, 0) is 6.54 Å². The molecule has 0 aliphatic carbocycles. The van der Waals surface area contributed by atoms with Gasteiger partial charge >= 0.3 is 0 Å². The number of benzene rings is 1. The van der Waals surface area contributed by atoms with Crippen molar-refractivity contribution in [2.75, 3.05) is 40.9 Å². The minimum Gasteiger partial charge on any atom is -0.493 e. The number of hydrogen-bond donors (Lipinski definition) is 2. The Kier molecular flexibility index (Phi) is 7.44. The van der Waals surface area contributed by atoms with E-state index >= 15 is 0 Å². The van der Waals surface area contributed by atoms with Crippen molar-refractivity contribution in [3.63, 3.8) is 0 Å². The van der Waals surface area contributed by atoms with Crippen LogP contribution >= 0.6 is 11.6 Å². The molecule has 20 heavy (non-hydrogen) atoms. The zero-order valence-electron chi connectivity index (χ0n) is 12.5. The van der Waals surface area contributed by atoms with Crippen LogP contribution in [0.1, 0.15) is 5.56 Å². The predicted octanol–water partition coefficient (Wildman–Crippen LogP) is 0.121. The van der Waals surface area contributed by atoms with Crippen LogP contribution in [0.15, 0.2) is 24.8 Å². The Balaban J connectivity index is 2.69. The third-order valence-corrected chi connectivity index (χ3v) is 3.14. The Morgan fingerprint density at radius 1 is 1.40 bits per heavy atom. The lowest BCUT2D eigenvalue weighted by atomic mass is 10.2. The molecule has 1 aromatic rings. The van der Waals surface area contributed by atoms with Gasteiger partial charge < -0.3 is 19.7 Å². The molecule has 112 valence electrons. The first-order valence-corrected chi connectivity index (χ1v) is 7.17. The molecule has 1 rings (SSSR count). The molecule has 0 radical (unpaired) electrons. The topological polar surface area (TPSA) is 39.5 Å². The standard InChI is InChI=1S/C15H23ClN2O2/c1-5-8-20-15-13(16)9-12(10-14(15)19-4)11-17-6-7-18(2)3/h5,9-10,17H,1,6-8,11H2,2-4H3/p+2. The maximum Gasteiger partial charge on any atom is 0.180 e. The van der Waals surface area contributed by atoms with Crippen LogP contribution in [0.4, 0.5) is 0 Å². The van der Waals surface area contributed by atoms with Crippen molar-refractivity contribution in [2.24, 2.45) is 0 Å². The van der Waals surface area contributed by atoms with Gasteiger partial charge in [-0.05, 0) is 12.1 Å². The molecule has 0 saturated carbocycles. The van der Waals surface area contributed by atoms with Gasteiger partial charge in [-0.25, -0.2) is 0 Å². The summed E-state index contributed by atoms with van der Waals surface area (Å²) >= 11 is 6.26. The largest absolute Gasteiger partial charge is 0.493 e. The number of rotatable bonds is 9. The van der Waals surface area contributed by atoms with E-state index in [-0.39, 0.29) is 0 Å². The van der Waals surface area contributed by atoms with E-state index in [2.05, 4.69) is 26.0 Å². The normalized spacial score (nSPS) is 10.7. The average molecular weight is 301 g/mol. The number of hydrogen-bond acceptors (Lipinski definition) is 2. The summed E-state index contributed by atoms with van der Waals surface area (Å²) in [7, 11) is 5.92. The van der Waals surface area contributed by atoms with E-state index in [1.807, 2.05) is 12.1 Å². The van der Waals surface area contributed by atoms with E-state index in [1.54, 1.807) is 13.2 Å². The number of quaternary nitrogens is 2. The Morgan fingerprint density at radius 2 is 2.15 bits per heavy atom. The van der Waals surface area contributed by atoms with E-state index < -0.39 is 0 Å². The number of likely N-dealkylation sites (N-methyl/N-ethyl adjacent to an activating group) is 1. The Hall–Kier alpha value is -1.23. The van der Waals surface area contributed by atoms with Gasteiger partial charge in [-0.2, -0.15) is 0 Å². The molecule has 0 aromatic heterocycles. The van der Waals surface area contributed by atoms with Gasteiger partial charge in [0, 0.05) is 5.56 Å². The first-order valence-electron chi connectivity index (χ1n) is 6.79. The molecule has 0 amide bonds. The van der Waals surface area contributed by atoms with Crippen molar-refractivity contribution in [1.82, 2.24) is 0 Å². The number of ether oxygens (including phenoxy) is 2. The number of methoxy groups -OCH3 is 1. The van der Waals surface area contributed by atoms with Crippen LogP contribution in [-0.4, -0.2) is 40.9 Å².